The summed E-state index contributed by atoms with van der Waals surface area (Å²) in [6.45, 7) is 4.82. The van der Waals surface area contributed by atoms with Crippen molar-refractivity contribution < 1.29 is 26.3 Å². The molecule has 0 aliphatic heterocycles. The van der Waals surface area contributed by atoms with Crippen LogP contribution in [0.4, 0.5) is 0 Å². The van der Waals surface area contributed by atoms with Gasteiger partial charge in [0.2, 0.25) is 0 Å². The van der Waals surface area contributed by atoms with E-state index in [4.69, 9.17) is 5.21 Å². The summed E-state index contributed by atoms with van der Waals surface area (Å²) in [7, 11) is 0. The first-order chi connectivity index (χ1) is 2.81. The SMILES string of the molecule is C=[C-]C(C)=NO.[W]. The largest absolute Gasteiger partial charge is 0.454 e. The van der Waals surface area contributed by atoms with Gasteiger partial charge in [0.1, 0.15) is 0 Å². The molecule has 0 bridgehead atoms. The van der Waals surface area contributed by atoms with Crippen LogP contribution in [0.5, 0.6) is 0 Å². The average Bonchev–Trinajstić information content (AvgIpc) is 1.65. The molecule has 0 aliphatic rings. The third-order valence-corrected chi connectivity index (χ3v) is 0.406. The first kappa shape index (κ1) is 10.0. The third kappa shape index (κ3) is 5.90. The fraction of sp³-hybridized carbons (Fsp3) is 0.250. The minimum absolute atomic E-state index is 0. The summed E-state index contributed by atoms with van der Waals surface area (Å²) in [5.41, 5.74) is 0.412. The van der Waals surface area contributed by atoms with E-state index in [1.165, 1.54) is 0 Å². The molecule has 0 fully saturated rings. The molecule has 3 heteroatoms. The summed E-state index contributed by atoms with van der Waals surface area (Å²) in [6.07, 6.45) is 2.36. The van der Waals surface area contributed by atoms with E-state index in [0.717, 1.165) is 0 Å². The fourth-order valence-corrected chi connectivity index (χ4v) is 0.0354. The minimum atomic E-state index is 0. The molecule has 0 amide bonds. The van der Waals surface area contributed by atoms with E-state index in [9.17, 15) is 0 Å². The maximum absolute atomic E-state index is 7.82. The molecule has 0 aromatic rings. The number of rotatable bonds is 1. The smallest absolute Gasteiger partial charge is 0 e. The van der Waals surface area contributed by atoms with Crippen molar-refractivity contribution in [2.45, 2.75) is 6.92 Å². The van der Waals surface area contributed by atoms with Crippen LogP contribution in [0.15, 0.2) is 11.7 Å². The maximum atomic E-state index is 7.82. The topological polar surface area (TPSA) is 32.6 Å². The Balaban J connectivity index is 0. The zero-order valence-corrected chi connectivity index (χ0v) is 6.94. The number of hydrogen-bond donors (Lipinski definition) is 1. The van der Waals surface area contributed by atoms with E-state index in [0.29, 0.717) is 5.71 Å². The molecule has 0 heterocycles. The van der Waals surface area contributed by atoms with Gasteiger partial charge in [0.15, 0.2) is 0 Å². The van der Waals surface area contributed by atoms with Crippen LogP contribution in [0.25, 0.3) is 0 Å². The van der Waals surface area contributed by atoms with E-state index in [1.54, 1.807) is 6.92 Å². The first-order valence-corrected chi connectivity index (χ1v) is 1.53. The van der Waals surface area contributed by atoms with Crippen molar-refractivity contribution in [2.75, 3.05) is 0 Å². The van der Waals surface area contributed by atoms with Gasteiger partial charge in [-0.2, -0.15) is 0 Å². The summed E-state index contributed by atoms with van der Waals surface area (Å²) in [6, 6.07) is 0. The van der Waals surface area contributed by atoms with Gasteiger partial charge in [-0.15, -0.1) is 10.9 Å². The molecule has 0 aromatic heterocycles. The Morgan fingerprint density at radius 3 is 2.29 bits per heavy atom. The van der Waals surface area contributed by atoms with Crippen LogP contribution in [0.2, 0.25) is 0 Å². The second-order valence-corrected chi connectivity index (χ2v) is 0.862. The standard InChI is InChI=1S/C4H6NO.W/c1-3-4(2)5-6;/h6H,1H2,2H3;/q-1;. The zero-order valence-electron chi connectivity index (χ0n) is 4.01. The van der Waals surface area contributed by atoms with Crippen molar-refractivity contribution in [1.29, 1.82) is 0 Å². The van der Waals surface area contributed by atoms with Gasteiger partial charge in [-0.05, 0) is 0 Å². The quantitative estimate of drug-likeness (QED) is 0.325. The number of hydrogen-bond acceptors (Lipinski definition) is 2. The van der Waals surface area contributed by atoms with Crippen LogP contribution < -0.4 is 0 Å². The average molecular weight is 268 g/mol. The molecule has 2 nitrogen and oxygen atoms in total. The second kappa shape index (κ2) is 5.90. The first-order valence-electron chi connectivity index (χ1n) is 1.53. The fourth-order valence-electron chi connectivity index (χ4n) is 0.0354. The van der Waals surface area contributed by atoms with Crippen LogP contribution in [-0.2, 0) is 21.1 Å². The number of nitrogens with zero attached hydrogens (tertiary/aromatic N) is 1. The van der Waals surface area contributed by atoms with Crippen molar-refractivity contribution in [3.8, 4) is 0 Å². The van der Waals surface area contributed by atoms with Gasteiger partial charge in [-0.1, -0.05) is 6.92 Å². The molecule has 7 heavy (non-hydrogen) atoms. The summed E-state index contributed by atoms with van der Waals surface area (Å²) in [4.78, 5) is 0. The summed E-state index contributed by atoms with van der Waals surface area (Å²) in [5, 5.41) is 10.6. The molecule has 1 N–H and O–H groups in total. The van der Waals surface area contributed by atoms with Gasteiger partial charge in [0, 0.05) is 21.1 Å². The van der Waals surface area contributed by atoms with E-state index >= 15 is 0 Å². The maximum Gasteiger partial charge on any atom is 0 e. The van der Waals surface area contributed by atoms with Crippen molar-refractivity contribution in [3.63, 3.8) is 0 Å². The van der Waals surface area contributed by atoms with Gasteiger partial charge in [0.25, 0.3) is 0 Å². The Morgan fingerprint density at radius 2 is 2.29 bits per heavy atom. The summed E-state index contributed by atoms with van der Waals surface area (Å²) < 4.78 is 0. The van der Waals surface area contributed by atoms with Gasteiger partial charge < -0.3 is 11.3 Å². The van der Waals surface area contributed by atoms with Gasteiger partial charge >= 0.3 is 0 Å². The van der Waals surface area contributed by atoms with Crippen LogP contribution in [0.1, 0.15) is 6.92 Å². The molecule has 0 aliphatic carbocycles. The number of allylic oxidation sites excluding steroid dienone is 1. The molecule has 0 saturated heterocycles. The summed E-state index contributed by atoms with van der Waals surface area (Å²) in [5.74, 6) is 0. The summed E-state index contributed by atoms with van der Waals surface area (Å²) >= 11 is 0. The Bertz CT molecular complexity index is 79.8. The molecule has 40 valence electrons. The van der Waals surface area contributed by atoms with E-state index in [-0.39, 0.29) is 21.1 Å². The molecule has 0 rings (SSSR count). The van der Waals surface area contributed by atoms with Gasteiger partial charge in [-0.25, -0.2) is 0 Å². The van der Waals surface area contributed by atoms with E-state index in [2.05, 4.69) is 17.8 Å². The van der Waals surface area contributed by atoms with Crippen molar-refractivity contribution in [3.05, 3.63) is 12.7 Å². The van der Waals surface area contributed by atoms with E-state index in [1.807, 2.05) is 0 Å². The minimum Gasteiger partial charge on any atom is -0.454 e. The Labute approximate surface area is 57.2 Å². The number of oxime groups is 1. The Morgan fingerprint density at radius 1 is 1.86 bits per heavy atom. The zero-order chi connectivity index (χ0) is 4.99. The molecule has 0 aromatic carbocycles. The second-order valence-electron chi connectivity index (χ2n) is 0.862. The third-order valence-electron chi connectivity index (χ3n) is 0.406. The molecular weight excluding hydrogens is 262 g/mol. The molecule has 0 radical (unpaired) electrons. The molecule has 0 saturated carbocycles. The Kier molecular flexibility index (Phi) is 8.43. The van der Waals surface area contributed by atoms with Gasteiger partial charge in [-0.3, -0.25) is 6.58 Å². The molecular formula is C4H6NOW-. The van der Waals surface area contributed by atoms with Crippen LogP contribution in [0.3, 0.4) is 0 Å². The molecule has 0 atom stereocenters. The van der Waals surface area contributed by atoms with Gasteiger partial charge in [0.05, 0.1) is 0 Å². The molecule has 0 unspecified atom stereocenters. The Hall–Kier alpha value is -0.102. The van der Waals surface area contributed by atoms with Crippen molar-refractivity contribution >= 4 is 5.71 Å². The van der Waals surface area contributed by atoms with Crippen molar-refractivity contribution in [2.24, 2.45) is 5.16 Å². The monoisotopic (exact) mass is 268 g/mol. The predicted octanol–water partition coefficient (Wildman–Crippen LogP) is 0.823. The van der Waals surface area contributed by atoms with E-state index < -0.39 is 0 Å². The van der Waals surface area contributed by atoms with Crippen LogP contribution >= 0.6 is 0 Å². The normalized spacial score (nSPS) is 9.57. The van der Waals surface area contributed by atoms with Crippen molar-refractivity contribution in [1.82, 2.24) is 0 Å². The van der Waals surface area contributed by atoms with Crippen LogP contribution in [0, 0.1) is 6.08 Å². The predicted molar refractivity (Wildman–Crippen MR) is 23.8 cm³/mol. The molecule has 0 spiro atoms. The van der Waals surface area contributed by atoms with Crippen LogP contribution in [-0.4, -0.2) is 10.9 Å².